The first-order chi connectivity index (χ1) is 6.31. The van der Waals surface area contributed by atoms with Crippen LogP contribution in [0.15, 0.2) is 18.2 Å². The van der Waals surface area contributed by atoms with E-state index in [4.69, 9.17) is 0 Å². The van der Waals surface area contributed by atoms with Gasteiger partial charge in [-0.05, 0) is 18.4 Å². The molecule has 13 heavy (non-hydrogen) atoms. The molecule has 0 radical (unpaired) electrons. The fourth-order valence-corrected chi connectivity index (χ4v) is 1.75. The monoisotopic (exact) mass is 174 g/mol. The van der Waals surface area contributed by atoms with Crippen LogP contribution < -0.4 is 5.46 Å². The molecule has 1 rings (SSSR count). The molecule has 0 amide bonds. The van der Waals surface area contributed by atoms with E-state index in [1.807, 2.05) is 0 Å². The summed E-state index contributed by atoms with van der Waals surface area (Å²) >= 11 is 0. The van der Waals surface area contributed by atoms with Crippen molar-refractivity contribution in [2.45, 2.75) is 39.9 Å². The zero-order valence-electron chi connectivity index (χ0n) is 9.06. The lowest BCUT2D eigenvalue weighted by molar-refractivity contribution is 0.923. The Balaban J connectivity index is 2.95. The lowest BCUT2D eigenvalue weighted by Crippen LogP contribution is -2.16. The van der Waals surface area contributed by atoms with Crippen molar-refractivity contribution in [3.8, 4) is 0 Å². The van der Waals surface area contributed by atoms with Gasteiger partial charge in [0.25, 0.3) is 0 Å². The normalized spacial score (nSPS) is 10.1. The van der Waals surface area contributed by atoms with Gasteiger partial charge >= 0.3 is 0 Å². The van der Waals surface area contributed by atoms with Gasteiger partial charge in [-0.1, -0.05) is 56.3 Å². The smallest absolute Gasteiger partial charge is 0.0849 e. The van der Waals surface area contributed by atoms with E-state index in [0.717, 1.165) is 6.42 Å². The van der Waals surface area contributed by atoms with Crippen molar-refractivity contribution < 1.29 is 0 Å². The summed E-state index contributed by atoms with van der Waals surface area (Å²) in [5, 5.41) is 0. The van der Waals surface area contributed by atoms with Crippen LogP contribution in [-0.4, -0.2) is 7.28 Å². The Morgan fingerprint density at radius 3 is 2.54 bits per heavy atom. The van der Waals surface area contributed by atoms with Crippen LogP contribution in [0.25, 0.3) is 0 Å². The van der Waals surface area contributed by atoms with Crippen LogP contribution >= 0.6 is 0 Å². The van der Waals surface area contributed by atoms with Gasteiger partial charge in [0.05, 0.1) is 0 Å². The fourth-order valence-electron chi connectivity index (χ4n) is 1.75. The average Bonchev–Trinajstić information content (AvgIpc) is 2.18. The molecule has 0 saturated carbocycles. The number of hydrogen-bond acceptors (Lipinski definition) is 0. The number of hydrogen-bond donors (Lipinski definition) is 0. The van der Waals surface area contributed by atoms with Gasteiger partial charge in [-0.3, -0.25) is 0 Å². The molecule has 0 aromatic heterocycles. The first-order valence-corrected chi connectivity index (χ1v) is 5.42. The minimum atomic E-state index is 1.15. The van der Waals surface area contributed by atoms with Crippen molar-refractivity contribution >= 4 is 12.7 Å². The molecule has 0 aliphatic heterocycles. The predicted octanol–water partition coefficient (Wildman–Crippen LogP) is 2.31. The number of aryl methyl sites for hydroxylation is 2. The second-order valence-electron chi connectivity index (χ2n) is 3.56. The minimum absolute atomic E-state index is 1.15. The Morgan fingerprint density at radius 1 is 1.23 bits per heavy atom. The number of benzene rings is 1. The molecular weight excluding hydrogens is 155 g/mol. The summed E-state index contributed by atoms with van der Waals surface area (Å²) in [4.78, 5) is 0. The second-order valence-corrected chi connectivity index (χ2v) is 3.56. The van der Waals surface area contributed by atoms with Crippen molar-refractivity contribution in [3.05, 3.63) is 29.3 Å². The van der Waals surface area contributed by atoms with Crippen molar-refractivity contribution in [2.24, 2.45) is 0 Å². The Hall–Kier alpha value is -0.715. The van der Waals surface area contributed by atoms with Gasteiger partial charge in [0.15, 0.2) is 7.28 Å². The maximum Gasteiger partial charge on any atom is 0.154 e. The van der Waals surface area contributed by atoms with Gasteiger partial charge in [-0.2, -0.15) is 0 Å². The third-order valence-electron chi connectivity index (χ3n) is 2.58. The van der Waals surface area contributed by atoms with Gasteiger partial charge in [-0.15, -0.1) is 0 Å². The van der Waals surface area contributed by atoms with E-state index in [9.17, 15) is 0 Å². The van der Waals surface area contributed by atoms with Crippen LogP contribution in [0.4, 0.5) is 0 Å². The maximum absolute atomic E-state index is 2.38. The minimum Gasteiger partial charge on any atom is -0.0849 e. The molecule has 0 aliphatic rings. The molecule has 1 aromatic carbocycles. The maximum atomic E-state index is 2.38. The SMILES string of the molecule is CBc1ccc(CC)cc1CCC. The highest BCUT2D eigenvalue weighted by atomic mass is 14.0. The third-order valence-corrected chi connectivity index (χ3v) is 2.58. The summed E-state index contributed by atoms with van der Waals surface area (Å²) in [5.74, 6) is 0. The summed E-state index contributed by atoms with van der Waals surface area (Å²) in [6.07, 6.45) is 3.64. The standard InChI is InChI=1S/C12H19B/c1-4-6-11-9-10(5-2)7-8-12(11)13-3/h7-9,13H,4-6H2,1-3H3. The van der Waals surface area contributed by atoms with E-state index in [0.29, 0.717) is 0 Å². The molecule has 0 nitrogen and oxygen atoms in total. The van der Waals surface area contributed by atoms with E-state index in [1.54, 1.807) is 5.56 Å². The van der Waals surface area contributed by atoms with E-state index in [2.05, 4.69) is 38.9 Å². The van der Waals surface area contributed by atoms with Crippen molar-refractivity contribution in [2.75, 3.05) is 0 Å². The molecule has 0 heterocycles. The lowest BCUT2D eigenvalue weighted by Gasteiger charge is -2.08. The summed E-state index contributed by atoms with van der Waals surface area (Å²) in [5.41, 5.74) is 4.56. The highest BCUT2D eigenvalue weighted by Crippen LogP contribution is 2.06. The molecule has 70 valence electrons. The summed E-state index contributed by atoms with van der Waals surface area (Å²) in [6.45, 7) is 6.70. The Labute approximate surface area is 82.6 Å². The van der Waals surface area contributed by atoms with E-state index in [-0.39, 0.29) is 0 Å². The van der Waals surface area contributed by atoms with Crippen LogP contribution in [0.3, 0.4) is 0 Å². The van der Waals surface area contributed by atoms with Gasteiger partial charge in [-0.25, -0.2) is 0 Å². The van der Waals surface area contributed by atoms with Crippen LogP contribution in [0.1, 0.15) is 31.4 Å². The predicted molar refractivity (Wildman–Crippen MR) is 62.5 cm³/mol. The zero-order valence-corrected chi connectivity index (χ0v) is 9.06. The average molecular weight is 174 g/mol. The Kier molecular flexibility index (Phi) is 4.07. The van der Waals surface area contributed by atoms with Gasteiger partial charge in [0.2, 0.25) is 0 Å². The van der Waals surface area contributed by atoms with Crippen LogP contribution in [0.5, 0.6) is 0 Å². The van der Waals surface area contributed by atoms with Crippen molar-refractivity contribution in [1.82, 2.24) is 0 Å². The quantitative estimate of drug-likeness (QED) is 0.614. The highest BCUT2D eigenvalue weighted by molar-refractivity contribution is 6.52. The largest absolute Gasteiger partial charge is 0.154 e. The zero-order chi connectivity index (χ0) is 9.68. The molecule has 0 N–H and O–H groups in total. The molecule has 1 aromatic rings. The fraction of sp³-hybridized carbons (Fsp3) is 0.500. The molecular formula is C12H19B. The van der Waals surface area contributed by atoms with Crippen molar-refractivity contribution in [1.29, 1.82) is 0 Å². The summed E-state index contributed by atoms with van der Waals surface area (Å²) in [6, 6.07) is 6.93. The number of rotatable bonds is 4. The van der Waals surface area contributed by atoms with Crippen LogP contribution in [0, 0.1) is 0 Å². The van der Waals surface area contributed by atoms with Crippen molar-refractivity contribution in [3.63, 3.8) is 0 Å². The Bertz CT molecular complexity index is 266. The second kappa shape index (κ2) is 5.11. The van der Waals surface area contributed by atoms with Gasteiger partial charge in [0, 0.05) is 0 Å². The van der Waals surface area contributed by atoms with Gasteiger partial charge < -0.3 is 0 Å². The van der Waals surface area contributed by atoms with Crippen LogP contribution in [-0.2, 0) is 12.8 Å². The summed E-state index contributed by atoms with van der Waals surface area (Å²) < 4.78 is 0. The van der Waals surface area contributed by atoms with E-state index in [1.165, 1.54) is 31.1 Å². The molecule has 0 spiro atoms. The summed E-state index contributed by atoms with van der Waals surface area (Å²) in [7, 11) is 1.17. The first kappa shape index (κ1) is 10.4. The van der Waals surface area contributed by atoms with Gasteiger partial charge in [0.1, 0.15) is 0 Å². The molecule has 0 atom stereocenters. The first-order valence-electron chi connectivity index (χ1n) is 5.42. The highest BCUT2D eigenvalue weighted by Gasteiger charge is 2.00. The Morgan fingerprint density at radius 2 is 2.00 bits per heavy atom. The third kappa shape index (κ3) is 2.62. The lowest BCUT2D eigenvalue weighted by atomic mass is 9.70. The molecule has 0 bridgehead atoms. The van der Waals surface area contributed by atoms with E-state index >= 15 is 0 Å². The molecule has 0 saturated heterocycles. The molecule has 1 heteroatoms. The van der Waals surface area contributed by atoms with E-state index < -0.39 is 0 Å². The van der Waals surface area contributed by atoms with Crippen LogP contribution in [0.2, 0.25) is 6.82 Å². The molecule has 0 aliphatic carbocycles. The molecule has 0 fully saturated rings. The topological polar surface area (TPSA) is 0 Å². The molecule has 0 unspecified atom stereocenters.